The van der Waals surface area contributed by atoms with Crippen LogP contribution >= 0.6 is 11.8 Å². The van der Waals surface area contributed by atoms with Crippen LogP contribution in [-0.2, 0) is 4.79 Å². The lowest BCUT2D eigenvalue weighted by Crippen LogP contribution is -2.31. The van der Waals surface area contributed by atoms with Gasteiger partial charge in [0.1, 0.15) is 5.75 Å². The third-order valence-corrected chi connectivity index (χ3v) is 4.25. The number of carbonyl (C=O) groups excluding carboxylic acids is 1. The highest BCUT2D eigenvalue weighted by molar-refractivity contribution is 7.99. The van der Waals surface area contributed by atoms with Gasteiger partial charge in [0.25, 0.3) is 0 Å². The fourth-order valence-electron chi connectivity index (χ4n) is 2.27. The van der Waals surface area contributed by atoms with Crippen LogP contribution in [0.15, 0.2) is 29.4 Å². The second-order valence-electron chi connectivity index (χ2n) is 6.01. The molecule has 0 saturated heterocycles. The van der Waals surface area contributed by atoms with Gasteiger partial charge in [0.05, 0.1) is 12.9 Å². The summed E-state index contributed by atoms with van der Waals surface area (Å²) in [5, 5.41) is 12.2. The second kappa shape index (κ2) is 8.19. The van der Waals surface area contributed by atoms with Crippen molar-refractivity contribution in [3.63, 3.8) is 0 Å². The van der Waals surface area contributed by atoms with E-state index < -0.39 is 0 Å². The Morgan fingerprint density at radius 1 is 1.21 bits per heavy atom. The maximum Gasteiger partial charge on any atom is 0.230 e. The van der Waals surface area contributed by atoms with Gasteiger partial charge in [-0.05, 0) is 52.0 Å². The number of ether oxygens (including phenoxy) is 1. The average molecular weight is 348 g/mol. The molecule has 0 saturated carbocycles. The molecular formula is C17H24N4O2S. The lowest BCUT2D eigenvalue weighted by molar-refractivity contribution is -0.119. The Kier molecular flexibility index (Phi) is 6.25. The first kappa shape index (κ1) is 18.3. The first-order chi connectivity index (χ1) is 11.4. The van der Waals surface area contributed by atoms with Crippen molar-refractivity contribution < 1.29 is 9.53 Å². The third-order valence-electron chi connectivity index (χ3n) is 3.31. The van der Waals surface area contributed by atoms with Gasteiger partial charge < -0.3 is 10.1 Å². The van der Waals surface area contributed by atoms with Gasteiger partial charge in [-0.25, -0.2) is 0 Å². The maximum absolute atomic E-state index is 11.9. The zero-order chi connectivity index (χ0) is 17.7. The minimum atomic E-state index is -0.000645. The SMILES string of the molecule is COc1ccc(-c2nnc(SCC(=O)NC(C)C)n2C(C)C)cc1. The van der Waals surface area contributed by atoms with Crippen molar-refractivity contribution >= 4 is 17.7 Å². The first-order valence-corrected chi connectivity index (χ1v) is 8.92. The van der Waals surface area contributed by atoms with E-state index in [4.69, 9.17) is 4.74 Å². The molecule has 0 radical (unpaired) electrons. The molecule has 7 heteroatoms. The summed E-state index contributed by atoms with van der Waals surface area (Å²) >= 11 is 1.40. The van der Waals surface area contributed by atoms with Crippen molar-refractivity contribution in [1.29, 1.82) is 0 Å². The molecule has 1 amide bonds. The lowest BCUT2D eigenvalue weighted by atomic mass is 10.2. The summed E-state index contributed by atoms with van der Waals surface area (Å²) in [5.41, 5.74) is 0.968. The Morgan fingerprint density at radius 2 is 1.88 bits per heavy atom. The second-order valence-corrected chi connectivity index (χ2v) is 6.95. The van der Waals surface area contributed by atoms with Gasteiger partial charge in [-0.2, -0.15) is 0 Å². The highest BCUT2D eigenvalue weighted by atomic mass is 32.2. The summed E-state index contributed by atoms with van der Waals surface area (Å²) in [4.78, 5) is 11.9. The largest absolute Gasteiger partial charge is 0.497 e. The van der Waals surface area contributed by atoms with E-state index in [1.54, 1.807) is 7.11 Å². The van der Waals surface area contributed by atoms with Gasteiger partial charge in [0.15, 0.2) is 11.0 Å². The van der Waals surface area contributed by atoms with Crippen LogP contribution < -0.4 is 10.1 Å². The molecule has 130 valence electrons. The minimum Gasteiger partial charge on any atom is -0.497 e. The van der Waals surface area contributed by atoms with Crippen LogP contribution in [0, 0.1) is 0 Å². The number of methoxy groups -OCH3 is 1. The van der Waals surface area contributed by atoms with E-state index in [0.29, 0.717) is 5.75 Å². The quantitative estimate of drug-likeness (QED) is 0.779. The number of hydrogen-bond donors (Lipinski definition) is 1. The maximum atomic E-state index is 11.9. The number of nitrogens with zero attached hydrogens (tertiary/aromatic N) is 3. The molecule has 2 aromatic rings. The third kappa shape index (κ3) is 4.50. The summed E-state index contributed by atoms with van der Waals surface area (Å²) in [5.74, 6) is 1.92. The Morgan fingerprint density at radius 3 is 2.42 bits per heavy atom. The smallest absolute Gasteiger partial charge is 0.230 e. The van der Waals surface area contributed by atoms with E-state index in [0.717, 1.165) is 22.3 Å². The zero-order valence-corrected chi connectivity index (χ0v) is 15.6. The predicted molar refractivity (Wildman–Crippen MR) is 96.4 cm³/mol. The molecule has 1 aromatic heterocycles. The van der Waals surface area contributed by atoms with Crippen molar-refractivity contribution in [3.05, 3.63) is 24.3 Å². The number of benzene rings is 1. The Hall–Kier alpha value is -2.02. The minimum absolute atomic E-state index is 0.000645. The molecule has 6 nitrogen and oxygen atoms in total. The predicted octanol–water partition coefficient (Wildman–Crippen LogP) is 3.15. The Labute approximate surface area is 147 Å². The molecule has 2 rings (SSSR count). The summed E-state index contributed by atoms with van der Waals surface area (Å²) in [6.45, 7) is 8.05. The molecule has 0 fully saturated rings. The topological polar surface area (TPSA) is 69.0 Å². The molecule has 24 heavy (non-hydrogen) atoms. The summed E-state index contributed by atoms with van der Waals surface area (Å²) in [7, 11) is 1.64. The number of rotatable bonds is 7. The van der Waals surface area contributed by atoms with Crippen LogP contribution in [0.5, 0.6) is 5.75 Å². The number of thioether (sulfide) groups is 1. The van der Waals surface area contributed by atoms with Crippen molar-refractivity contribution in [2.45, 2.75) is 44.9 Å². The summed E-state index contributed by atoms with van der Waals surface area (Å²) in [6, 6.07) is 8.04. The highest BCUT2D eigenvalue weighted by Gasteiger charge is 2.18. The molecule has 1 N–H and O–H groups in total. The molecule has 0 atom stereocenters. The monoisotopic (exact) mass is 348 g/mol. The van der Waals surface area contributed by atoms with Gasteiger partial charge in [0.2, 0.25) is 5.91 Å². The Balaban J connectivity index is 2.21. The average Bonchev–Trinajstić information content (AvgIpc) is 2.96. The lowest BCUT2D eigenvalue weighted by Gasteiger charge is -2.14. The summed E-state index contributed by atoms with van der Waals surface area (Å²) in [6.07, 6.45) is 0. The van der Waals surface area contributed by atoms with Crippen LogP contribution in [0.3, 0.4) is 0 Å². The zero-order valence-electron chi connectivity index (χ0n) is 14.7. The van der Waals surface area contributed by atoms with E-state index >= 15 is 0 Å². The fraction of sp³-hybridized carbons (Fsp3) is 0.471. The van der Waals surface area contributed by atoms with Crippen LogP contribution in [0.1, 0.15) is 33.7 Å². The molecule has 0 bridgehead atoms. The number of carbonyl (C=O) groups is 1. The van der Waals surface area contributed by atoms with Gasteiger partial charge >= 0.3 is 0 Å². The molecule has 0 aliphatic rings. The van der Waals surface area contributed by atoms with Crippen LogP contribution in [0.25, 0.3) is 11.4 Å². The molecular weight excluding hydrogens is 324 g/mol. The Bertz CT molecular complexity index is 680. The molecule has 1 aromatic carbocycles. The van der Waals surface area contributed by atoms with E-state index in [1.807, 2.05) is 38.1 Å². The normalized spacial score (nSPS) is 11.1. The van der Waals surface area contributed by atoms with Crippen molar-refractivity contribution in [2.75, 3.05) is 12.9 Å². The van der Waals surface area contributed by atoms with Gasteiger partial charge in [0, 0.05) is 17.6 Å². The fourth-order valence-corrected chi connectivity index (χ4v) is 3.15. The molecule has 0 aliphatic heterocycles. The molecule has 0 unspecified atom stereocenters. The summed E-state index contributed by atoms with van der Waals surface area (Å²) < 4.78 is 7.24. The van der Waals surface area contributed by atoms with Gasteiger partial charge in [-0.3, -0.25) is 9.36 Å². The van der Waals surface area contributed by atoms with Crippen molar-refractivity contribution in [2.24, 2.45) is 0 Å². The molecule has 1 heterocycles. The van der Waals surface area contributed by atoms with E-state index in [2.05, 4.69) is 33.9 Å². The van der Waals surface area contributed by atoms with Gasteiger partial charge in [-0.15, -0.1) is 10.2 Å². The number of hydrogen-bond acceptors (Lipinski definition) is 5. The molecule has 0 spiro atoms. The van der Waals surface area contributed by atoms with Crippen molar-refractivity contribution in [3.8, 4) is 17.1 Å². The molecule has 0 aliphatic carbocycles. The number of nitrogens with one attached hydrogen (secondary N) is 1. The first-order valence-electron chi connectivity index (χ1n) is 7.93. The van der Waals surface area contributed by atoms with E-state index in [9.17, 15) is 4.79 Å². The van der Waals surface area contributed by atoms with Crippen LogP contribution in [0.2, 0.25) is 0 Å². The van der Waals surface area contributed by atoms with Crippen LogP contribution in [0.4, 0.5) is 0 Å². The van der Waals surface area contributed by atoms with Crippen LogP contribution in [-0.4, -0.2) is 39.6 Å². The van der Waals surface area contributed by atoms with E-state index in [-0.39, 0.29) is 18.0 Å². The number of aromatic nitrogens is 3. The van der Waals surface area contributed by atoms with Gasteiger partial charge in [-0.1, -0.05) is 11.8 Å². The van der Waals surface area contributed by atoms with Crippen molar-refractivity contribution in [1.82, 2.24) is 20.1 Å². The highest BCUT2D eigenvalue weighted by Crippen LogP contribution is 2.28. The standard InChI is InChI=1S/C17H24N4O2S/c1-11(2)18-15(22)10-24-17-20-19-16(21(17)12(3)4)13-6-8-14(23-5)9-7-13/h6-9,11-12H,10H2,1-5H3,(H,18,22). The number of amides is 1. The van der Waals surface area contributed by atoms with E-state index in [1.165, 1.54) is 11.8 Å².